The Morgan fingerprint density at radius 3 is 2.46 bits per heavy atom. The molecule has 1 N–H and O–H groups in total. The molecule has 5 nitrogen and oxygen atoms in total. The van der Waals surface area contributed by atoms with Gasteiger partial charge in [0.2, 0.25) is 0 Å². The van der Waals surface area contributed by atoms with E-state index in [1.54, 1.807) is 16.7 Å². The predicted molar refractivity (Wildman–Crippen MR) is 119 cm³/mol. The summed E-state index contributed by atoms with van der Waals surface area (Å²) in [6.07, 6.45) is 4.14. The Hall–Kier alpha value is -1.83. The summed E-state index contributed by atoms with van der Waals surface area (Å²) in [6, 6.07) is 13.5. The lowest BCUT2D eigenvalue weighted by Gasteiger charge is -2.21. The van der Waals surface area contributed by atoms with Crippen molar-refractivity contribution in [3.63, 3.8) is 0 Å². The molecule has 0 bridgehead atoms. The first kappa shape index (κ1) is 22.2. The highest BCUT2D eigenvalue weighted by Gasteiger charge is 2.05. The number of aromatic nitrogens is 1. The Labute approximate surface area is 173 Å². The van der Waals surface area contributed by atoms with E-state index in [4.69, 9.17) is 0 Å². The first-order valence-corrected chi connectivity index (χ1v) is 8.79. The molecule has 0 fully saturated rings. The third-order valence-electron chi connectivity index (χ3n) is 4.15. The maximum atomic E-state index is 11.8. The zero-order valence-electron chi connectivity index (χ0n) is 15.8. The van der Waals surface area contributed by atoms with E-state index in [0.717, 1.165) is 31.0 Å². The lowest BCUT2D eigenvalue weighted by molar-refractivity contribution is 0.464. The second-order valence-corrected chi connectivity index (χ2v) is 6.16. The van der Waals surface area contributed by atoms with Crippen molar-refractivity contribution in [3.8, 4) is 0 Å². The van der Waals surface area contributed by atoms with Gasteiger partial charge in [-0.15, -0.1) is 24.0 Å². The summed E-state index contributed by atoms with van der Waals surface area (Å²) in [4.78, 5) is 18.3. The maximum Gasteiger partial charge on any atom is 0.250 e. The molecule has 0 saturated heterocycles. The monoisotopic (exact) mass is 468 g/mol. The van der Waals surface area contributed by atoms with E-state index in [9.17, 15) is 4.79 Å². The quantitative estimate of drug-likeness (QED) is 0.386. The summed E-state index contributed by atoms with van der Waals surface area (Å²) in [5.74, 6) is 0.911. The summed E-state index contributed by atoms with van der Waals surface area (Å²) in [7, 11) is 3.87. The van der Waals surface area contributed by atoms with Gasteiger partial charge in [-0.05, 0) is 23.6 Å². The van der Waals surface area contributed by atoms with Gasteiger partial charge in [0, 0.05) is 39.4 Å². The third-order valence-corrected chi connectivity index (χ3v) is 4.15. The molecule has 26 heavy (non-hydrogen) atoms. The summed E-state index contributed by atoms with van der Waals surface area (Å²) < 4.78 is 1.71. The van der Waals surface area contributed by atoms with Crippen LogP contribution in [0.1, 0.15) is 30.9 Å². The molecule has 2 aromatic rings. The van der Waals surface area contributed by atoms with Crippen LogP contribution >= 0.6 is 24.0 Å². The number of nitrogens with zero attached hydrogens (tertiary/aromatic N) is 3. The molecular formula is C20H29IN4O. The van der Waals surface area contributed by atoms with Crippen LogP contribution in [0.5, 0.6) is 0 Å². The van der Waals surface area contributed by atoms with Crippen molar-refractivity contribution >= 4 is 29.9 Å². The molecule has 1 heterocycles. The summed E-state index contributed by atoms with van der Waals surface area (Å²) in [6.45, 7) is 4.51. The fourth-order valence-corrected chi connectivity index (χ4v) is 2.62. The van der Waals surface area contributed by atoms with Crippen LogP contribution in [0.2, 0.25) is 0 Å². The van der Waals surface area contributed by atoms with Crippen LogP contribution in [-0.2, 0) is 13.1 Å². The molecule has 0 aliphatic carbocycles. The molecule has 0 amide bonds. The topological polar surface area (TPSA) is 49.6 Å². The number of unbranched alkanes of at least 4 members (excludes halogenated alkanes) is 1. The molecule has 1 aromatic carbocycles. The van der Waals surface area contributed by atoms with Crippen LogP contribution < -0.4 is 10.9 Å². The second kappa shape index (κ2) is 11.7. The van der Waals surface area contributed by atoms with E-state index in [0.29, 0.717) is 6.54 Å². The van der Waals surface area contributed by atoms with E-state index in [-0.39, 0.29) is 29.5 Å². The maximum absolute atomic E-state index is 11.8. The number of aliphatic imine (C=N–C) groups is 1. The minimum atomic E-state index is 0. The Bertz CT molecular complexity index is 740. The van der Waals surface area contributed by atoms with Crippen LogP contribution in [0.4, 0.5) is 0 Å². The summed E-state index contributed by atoms with van der Waals surface area (Å²) in [5, 5.41) is 3.39. The van der Waals surface area contributed by atoms with E-state index in [2.05, 4.69) is 53.4 Å². The molecular weight excluding hydrogens is 439 g/mol. The van der Waals surface area contributed by atoms with Crippen molar-refractivity contribution < 1.29 is 0 Å². The first-order valence-electron chi connectivity index (χ1n) is 8.79. The van der Waals surface area contributed by atoms with Gasteiger partial charge in [0.1, 0.15) is 0 Å². The molecule has 0 atom stereocenters. The third kappa shape index (κ3) is 6.82. The summed E-state index contributed by atoms with van der Waals surface area (Å²) in [5.41, 5.74) is 2.32. The van der Waals surface area contributed by atoms with Crippen molar-refractivity contribution in [2.24, 2.45) is 4.99 Å². The molecule has 6 heteroatoms. The highest BCUT2D eigenvalue weighted by atomic mass is 127. The average molecular weight is 468 g/mol. The standard InChI is InChI=1S/C20H28N4O.HI/c1-4-5-13-23(3)20(21-2)22-15-17-9-11-18(12-10-17)16-24-14-7-6-8-19(24)25;/h6-12,14H,4-5,13,15-16H2,1-3H3,(H,21,22);1H. The molecule has 0 aliphatic heterocycles. The number of guanidine groups is 1. The molecule has 1 aromatic heterocycles. The fourth-order valence-electron chi connectivity index (χ4n) is 2.62. The first-order chi connectivity index (χ1) is 12.1. The SMILES string of the molecule is CCCCN(C)C(=NC)NCc1ccc(Cn2ccccc2=O)cc1.I. The van der Waals surface area contributed by atoms with Crippen LogP contribution in [-0.4, -0.2) is 36.1 Å². The molecule has 0 aliphatic rings. The number of rotatable bonds is 7. The second-order valence-electron chi connectivity index (χ2n) is 6.16. The van der Waals surface area contributed by atoms with E-state index in [1.807, 2.05) is 19.3 Å². The summed E-state index contributed by atoms with van der Waals surface area (Å²) >= 11 is 0. The van der Waals surface area contributed by atoms with E-state index < -0.39 is 0 Å². The molecule has 2 rings (SSSR count). The smallest absolute Gasteiger partial charge is 0.250 e. The lowest BCUT2D eigenvalue weighted by Crippen LogP contribution is -2.38. The van der Waals surface area contributed by atoms with Gasteiger partial charge >= 0.3 is 0 Å². The van der Waals surface area contributed by atoms with Gasteiger partial charge in [-0.1, -0.05) is 43.7 Å². The zero-order valence-corrected chi connectivity index (χ0v) is 18.1. The number of benzene rings is 1. The molecule has 0 saturated carbocycles. The van der Waals surface area contributed by atoms with Gasteiger partial charge in [0.05, 0.1) is 6.54 Å². The van der Waals surface area contributed by atoms with Gasteiger partial charge in [-0.2, -0.15) is 0 Å². The Morgan fingerprint density at radius 2 is 1.85 bits per heavy atom. The van der Waals surface area contributed by atoms with Gasteiger partial charge in [0.15, 0.2) is 5.96 Å². The van der Waals surface area contributed by atoms with Crippen molar-refractivity contribution in [2.45, 2.75) is 32.9 Å². The highest BCUT2D eigenvalue weighted by molar-refractivity contribution is 14.0. The number of pyridine rings is 1. The average Bonchev–Trinajstić information content (AvgIpc) is 2.63. The van der Waals surface area contributed by atoms with Gasteiger partial charge in [-0.3, -0.25) is 9.79 Å². The number of nitrogens with one attached hydrogen (secondary N) is 1. The van der Waals surface area contributed by atoms with Gasteiger partial charge in [-0.25, -0.2) is 0 Å². The minimum absolute atomic E-state index is 0. The number of halogens is 1. The highest BCUT2D eigenvalue weighted by Crippen LogP contribution is 2.06. The van der Waals surface area contributed by atoms with Crippen LogP contribution in [0.15, 0.2) is 58.4 Å². The lowest BCUT2D eigenvalue weighted by atomic mass is 10.1. The van der Waals surface area contributed by atoms with Crippen LogP contribution in [0.25, 0.3) is 0 Å². The van der Waals surface area contributed by atoms with E-state index >= 15 is 0 Å². The Morgan fingerprint density at radius 1 is 1.15 bits per heavy atom. The Balaban J connectivity index is 0.00000338. The normalized spacial score (nSPS) is 11.0. The largest absolute Gasteiger partial charge is 0.352 e. The molecule has 0 unspecified atom stereocenters. The van der Waals surface area contributed by atoms with Crippen molar-refractivity contribution in [1.82, 2.24) is 14.8 Å². The van der Waals surface area contributed by atoms with Crippen molar-refractivity contribution in [1.29, 1.82) is 0 Å². The molecule has 142 valence electrons. The van der Waals surface area contributed by atoms with Crippen molar-refractivity contribution in [3.05, 3.63) is 70.1 Å². The van der Waals surface area contributed by atoms with Gasteiger partial charge < -0.3 is 14.8 Å². The Kier molecular flexibility index (Phi) is 10.0. The van der Waals surface area contributed by atoms with Crippen LogP contribution in [0, 0.1) is 0 Å². The predicted octanol–water partition coefficient (Wildman–Crippen LogP) is 3.32. The zero-order chi connectivity index (χ0) is 18.1. The fraction of sp³-hybridized carbons (Fsp3) is 0.400. The minimum Gasteiger partial charge on any atom is -0.352 e. The van der Waals surface area contributed by atoms with Crippen molar-refractivity contribution in [2.75, 3.05) is 20.6 Å². The van der Waals surface area contributed by atoms with E-state index in [1.165, 1.54) is 12.0 Å². The number of hydrogen-bond donors (Lipinski definition) is 1. The van der Waals surface area contributed by atoms with Gasteiger partial charge in [0.25, 0.3) is 5.56 Å². The molecule has 0 radical (unpaired) electrons. The number of hydrogen-bond acceptors (Lipinski definition) is 2. The molecule has 0 spiro atoms. The van der Waals surface area contributed by atoms with Crippen LogP contribution in [0.3, 0.4) is 0 Å².